The van der Waals surface area contributed by atoms with Gasteiger partial charge in [0.25, 0.3) is 0 Å². The molecule has 0 aliphatic carbocycles. The summed E-state index contributed by atoms with van der Waals surface area (Å²) in [6.07, 6.45) is 1.54. The summed E-state index contributed by atoms with van der Waals surface area (Å²) in [5, 5.41) is 2.69. The summed E-state index contributed by atoms with van der Waals surface area (Å²) in [7, 11) is 1.80. The van der Waals surface area contributed by atoms with Gasteiger partial charge in [0.1, 0.15) is 0 Å². The predicted octanol–water partition coefficient (Wildman–Crippen LogP) is 1.58. The summed E-state index contributed by atoms with van der Waals surface area (Å²) in [5.41, 5.74) is 6.70. The number of piperidine rings is 1. The van der Waals surface area contributed by atoms with Gasteiger partial charge in [-0.2, -0.15) is 0 Å². The quantitative estimate of drug-likeness (QED) is 0.873. The van der Waals surface area contributed by atoms with Crippen LogP contribution < -0.4 is 5.73 Å². The average Bonchev–Trinajstić information content (AvgIpc) is 2.67. The third kappa shape index (κ3) is 2.72. The lowest BCUT2D eigenvalue weighted by Gasteiger charge is -2.35. The Hall–Kier alpha value is -0.650. The van der Waals surface area contributed by atoms with Gasteiger partial charge in [0.2, 0.25) is 0 Å². The molecule has 1 aromatic rings. The maximum Gasteiger partial charge on any atom is 0.180 e. The number of nitrogens with two attached hydrogens (primary N) is 1. The molecular formula is C11H19N3OS. The van der Waals surface area contributed by atoms with Crippen molar-refractivity contribution in [3.05, 3.63) is 11.1 Å². The van der Waals surface area contributed by atoms with E-state index in [2.05, 4.69) is 16.8 Å². The first-order valence-electron chi connectivity index (χ1n) is 5.64. The second-order valence-corrected chi connectivity index (χ2v) is 5.34. The van der Waals surface area contributed by atoms with Crippen molar-refractivity contribution < 1.29 is 4.74 Å². The summed E-state index contributed by atoms with van der Waals surface area (Å²) in [4.78, 5) is 6.68. The first-order chi connectivity index (χ1) is 7.69. The normalized spacial score (nSPS) is 27.1. The van der Waals surface area contributed by atoms with Gasteiger partial charge >= 0.3 is 0 Å². The second kappa shape index (κ2) is 5.12. The molecule has 0 amide bonds. The molecule has 5 heteroatoms. The summed E-state index contributed by atoms with van der Waals surface area (Å²) in [5.74, 6) is 0.654. The smallest absolute Gasteiger partial charge is 0.180 e. The number of methoxy groups -OCH3 is 1. The Morgan fingerprint density at radius 2 is 2.50 bits per heavy atom. The molecule has 2 atom stereocenters. The molecule has 1 saturated heterocycles. The highest BCUT2D eigenvalue weighted by molar-refractivity contribution is 7.13. The minimum Gasteiger partial charge on any atom is -0.380 e. The maximum absolute atomic E-state index is 5.62. The Kier molecular flexibility index (Phi) is 3.78. The molecule has 0 radical (unpaired) electrons. The monoisotopic (exact) mass is 241 g/mol. The molecule has 1 aromatic heterocycles. The number of nitrogens with zero attached hydrogens (tertiary/aromatic N) is 2. The molecule has 2 rings (SSSR count). The molecule has 4 nitrogen and oxygen atoms in total. The highest BCUT2D eigenvalue weighted by atomic mass is 32.1. The Balaban J connectivity index is 1.91. The lowest BCUT2D eigenvalue weighted by atomic mass is 9.96. The summed E-state index contributed by atoms with van der Waals surface area (Å²) in [6.45, 7) is 5.26. The van der Waals surface area contributed by atoms with Gasteiger partial charge in [-0.05, 0) is 18.9 Å². The van der Waals surface area contributed by atoms with Gasteiger partial charge in [-0.1, -0.05) is 6.92 Å². The largest absolute Gasteiger partial charge is 0.380 e. The first-order valence-corrected chi connectivity index (χ1v) is 6.52. The predicted molar refractivity (Wildman–Crippen MR) is 66.4 cm³/mol. The third-order valence-electron chi connectivity index (χ3n) is 3.23. The Morgan fingerprint density at radius 1 is 1.69 bits per heavy atom. The summed E-state index contributed by atoms with van der Waals surface area (Å²) >= 11 is 1.51. The number of hydrogen-bond acceptors (Lipinski definition) is 5. The SMILES string of the molecule is COC1CN(Cc2csc(N)n2)CCC1C. The molecule has 1 aliphatic rings. The highest BCUT2D eigenvalue weighted by Crippen LogP contribution is 2.21. The van der Waals surface area contributed by atoms with E-state index in [0.717, 1.165) is 25.3 Å². The van der Waals surface area contributed by atoms with E-state index in [1.807, 2.05) is 5.38 Å². The fourth-order valence-electron chi connectivity index (χ4n) is 2.17. The topological polar surface area (TPSA) is 51.4 Å². The van der Waals surface area contributed by atoms with Crippen molar-refractivity contribution in [1.29, 1.82) is 0 Å². The molecule has 0 saturated carbocycles. The van der Waals surface area contributed by atoms with Crippen molar-refractivity contribution in [2.24, 2.45) is 5.92 Å². The minimum absolute atomic E-state index is 0.352. The van der Waals surface area contributed by atoms with E-state index < -0.39 is 0 Å². The Labute approximate surface area is 100 Å². The van der Waals surface area contributed by atoms with Crippen LogP contribution >= 0.6 is 11.3 Å². The van der Waals surface area contributed by atoms with Crippen molar-refractivity contribution in [1.82, 2.24) is 9.88 Å². The number of ether oxygens (including phenoxy) is 1. The van der Waals surface area contributed by atoms with Crippen molar-refractivity contribution in [3.63, 3.8) is 0 Å². The fourth-order valence-corrected chi connectivity index (χ4v) is 2.73. The van der Waals surface area contributed by atoms with E-state index in [1.165, 1.54) is 17.8 Å². The van der Waals surface area contributed by atoms with E-state index >= 15 is 0 Å². The first kappa shape index (κ1) is 11.8. The van der Waals surface area contributed by atoms with Gasteiger partial charge in [-0.25, -0.2) is 4.98 Å². The molecule has 90 valence electrons. The lowest BCUT2D eigenvalue weighted by Crippen LogP contribution is -2.43. The Bertz CT molecular complexity index is 342. The summed E-state index contributed by atoms with van der Waals surface area (Å²) < 4.78 is 5.49. The van der Waals surface area contributed by atoms with Crippen LogP contribution in [-0.2, 0) is 11.3 Å². The van der Waals surface area contributed by atoms with Crippen molar-refractivity contribution >= 4 is 16.5 Å². The van der Waals surface area contributed by atoms with Crippen LogP contribution in [-0.4, -0.2) is 36.2 Å². The molecule has 2 heterocycles. The zero-order valence-corrected chi connectivity index (χ0v) is 10.7. The van der Waals surface area contributed by atoms with Crippen LogP contribution in [0.25, 0.3) is 0 Å². The zero-order chi connectivity index (χ0) is 11.5. The number of likely N-dealkylation sites (tertiary alicyclic amines) is 1. The lowest BCUT2D eigenvalue weighted by molar-refractivity contribution is -0.00773. The van der Waals surface area contributed by atoms with Gasteiger partial charge < -0.3 is 10.5 Å². The molecule has 16 heavy (non-hydrogen) atoms. The van der Waals surface area contributed by atoms with Gasteiger partial charge in [0, 0.05) is 25.6 Å². The maximum atomic E-state index is 5.62. The number of hydrogen-bond donors (Lipinski definition) is 1. The average molecular weight is 241 g/mol. The van der Waals surface area contributed by atoms with Crippen molar-refractivity contribution in [2.45, 2.75) is 26.0 Å². The van der Waals surface area contributed by atoms with Crippen LogP contribution in [0, 0.1) is 5.92 Å². The molecule has 0 bridgehead atoms. The molecule has 0 aromatic carbocycles. The number of thiazole rings is 1. The molecular weight excluding hydrogens is 222 g/mol. The molecule has 2 unspecified atom stereocenters. The second-order valence-electron chi connectivity index (χ2n) is 4.45. The molecule has 2 N–H and O–H groups in total. The van der Waals surface area contributed by atoms with Crippen LogP contribution in [0.3, 0.4) is 0 Å². The van der Waals surface area contributed by atoms with Gasteiger partial charge in [0.15, 0.2) is 5.13 Å². The summed E-state index contributed by atoms with van der Waals surface area (Å²) in [6, 6.07) is 0. The highest BCUT2D eigenvalue weighted by Gasteiger charge is 2.26. The fraction of sp³-hybridized carbons (Fsp3) is 0.727. The van der Waals surface area contributed by atoms with Gasteiger partial charge in [0.05, 0.1) is 11.8 Å². The van der Waals surface area contributed by atoms with E-state index in [4.69, 9.17) is 10.5 Å². The number of aromatic nitrogens is 1. The minimum atomic E-state index is 0.352. The van der Waals surface area contributed by atoms with Crippen LogP contribution in [0.1, 0.15) is 19.0 Å². The van der Waals surface area contributed by atoms with Crippen LogP contribution in [0.5, 0.6) is 0 Å². The van der Waals surface area contributed by atoms with E-state index in [9.17, 15) is 0 Å². The van der Waals surface area contributed by atoms with Crippen LogP contribution in [0.2, 0.25) is 0 Å². The number of rotatable bonds is 3. The number of nitrogen functional groups attached to an aromatic ring is 1. The van der Waals surface area contributed by atoms with Crippen molar-refractivity contribution in [3.8, 4) is 0 Å². The van der Waals surface area contributed by atoms with E-state index in [-0.39, 0.29) is 0 Å². The molecule has 1 aliphatic heterocycles. The van der Waals surface area contributed by atoms with E-state index in [0.29, 0.717) is 17.2 Å². The van der Waals surface area contributed by atoms with E-state index in [1.54, 1.807) is 7.11 Å². The number of anilines is 1. The standard InChI is InChI=1S/C11H19N3OS/c1-8-3-4-14(6-10(8)15-2)5-9-7-16-11(12)13-9/h7-8,10H,3-6H2,1-2H3,(H2,12,13). The van der Waals surface area contributed by atoms with Gasteiger partial charge in [-0.15, -0.1) is 11.3 Å². The van der Waals surface area contributed by atoms with Crippen LogP contribution in [0.15, 0.2) is 5.38 Å². The zero-order valence-electron chi connectivity index (χ0n) is 9.85. The molecule has 1 fully saturated rings. The molecule has 0 spiro atoms. The third-order valence-corrected chi connectivity index (χ3v) is 3.95. The Morgan fingerprint density at radius 3 is 3.12 bits per heavy atom. The van der Waals surface area contributed by atoms with Gasteiger partial charge in [-0.3, -0.25) is 4.90 Å². The van der Waals surface area contributed by atoms with Crippen molar-refractivity contribution in [2.75, 3.05) is 25.9 Å². The van der Waals surface area contributed by atoms with Crippen LogP contribution in [0.4, 0.5) is 5.13 Å².